The maximum atomic E-state index is 12.1. The van der Waals surface area contributed by atoms with Gasteiger partial charge in [0.25, 0.3) is 5.91 Å². The molecular formula is C16H16N4O3. The molecule has 3 rings (SSSR count). The van der Waals surface area contributed by atoms with Crippen LogP contribution < -0.4 is 5.32 Å². The molecule has 0 atom stereocenters. The summed E-state index contributed by atoms with van der Waals surface area (Å²) in [6.45, 7) is 0.464. The summed E-state index contributed by atoms with van der Waals surface area (Å²) in [6, 6.07) is 8.84. The van der Waals surface area contributed by atoms with Crippen molar-refractivity contribution in [3.05, 3.63) is 48.3 Å². The average Bonchev–Trinajstić information content (AvgIpc) is 3.20. The van der Waals surface area contributed by atoms with Crippen molar-refractivity contribution in [3.8, 4) is 5.69 Å². The Hall–Kier alpha value is -2.96. The SMILES string of the molecule is O=C(NCCN1C(=O)CCC1=O)c1ccc(-n2cccn2)cc1. The van der Waals surface area contributed by atoms with E-state index in [1.807, 2.05) is 12.3 Å². The van der Waals surface area contributed by atoms with Crippen LogP contribution in [0.3, 0.4) is 0 Å². The predicted molar refractivity (Wildman–Crippen MR) is 81.9 cm³/mol. The highest BCUT2D eigenvalue weighted by molar-refractivity contribution is 6.02. The summed E-state index contributed by atoms with van der Waals surface area (Å²) in [7, 11) is 0. The van der Waals surface area contributed by atoms with Crippen molar-refractivity contribution in [2.75, 3.05) is 13.1 Å². The van der Waals surface area contributed by atoms with Gasteiger partial charge in [-0.15, -0.1) is 0 Å². The van der Waals surface area contributed by atoms with Crippen molar-refractivity contribution < 1.29 is 14.4 Å². The second kappa shape index (κ2) is 6.43. The van der Waals surface area contributed by atoms with Gasteiger partial charge in [0, 0.05) is 43.9 Å². The highest BCUT2D eigenvalue weighted by atomic mass is 16.2. The highest BCUT2D eigenvalue weighted by Gasteiger charge is 2.28. The number of hydrogen-bond donors (Lipinski definition) is 1. The van der Waals surface area contributed by atoms with E-state index in [1.165, 1.54) is 4.90 Å². The van der Waals surface area contributed by atoms with Crippen molar-refractivity contribution in [1.82, 2.24) is 20.0 Å². The van der Waals surface area contributed by atoms with E-state index in [2.05, 4.69) is 10.4 Å². The van der Waals surface area contributed by atoms with Gasteiger partial charge in [-0.2, -0.15) is 5.10 Å². The Morgan fingerprint density at radius 2 is 1.83 bits per heavy atom. The van der Waals surface area contributed by atoms with Gasteiger partial charge in [0.1, 0.15) is 0 Å². The minimum Gasteiger partial charge on any atom is -0.350 e. The van der Waals surface area contributed by atoms with Crippen molar-refractivity contribution in [3.63, 3.8) is 0 Å². The summed E-state index contributed by atoms with van der Waals surface area (Å²) in [5.74, 6) is -0.586. The van der Waals surface area contributed by atoms with E-state index >= 15 is 0 Å². The molecule has 0 aliphatic carbocycles. The molecule has 3 amide bonds. The Kier molecular flexibility index (Phi) is 4.18. The number of carbonyl (C=O) groups is 3. The van der Waals surface area contributed by atoms with E-state index in [9.17, 15) is 14.4 Å². The number of rotatable bonds is 5. The van der Waals surface area contributed by atoms with Crippen LogP contribution in [0.25, 0.3) is 5.69 Å². The molecule has 1 aliphatic heterocycles. The van der Waals surface area contributed by atoms with E-state index in [1.54, 1.807) is 35.1 Å². The minimum atomic E-state index is -0.240. The average molecular weight is 312 g/mol. The number of likely N-dealkylation sites (tertiary alicyclic amines) is 1. The third kappa shape index (κ3) is 3.28. The Labute approximate surface area is 132 Å². The van der Waals surface area contributed by atoms with Crippen LogP contribution >= 0.6 is 0 Å². The van der Waals surface area contributed by atoms with Gasteiger partial charge in [-0.05, 0) is 30.3 Å². The lowest BCUT2D eigenvalue weighted by atomic mass is 10.2. The number of nitrogens with zero attached hydrogens (tertiary/aromatic N) is 3. The van der Waals surface area contributed by atoms with Crippen molar-refractivity contribution in [1.29, 1.82) is 0 Å². The molecule has 0 saturated carbocycles. The Morgan fingerprint density at radius 1 is 1.13 bits per heavy atom. The predicted octanol–water partition coefficient (Wildman–Crippen LogP) is 0.751. The summed E-state index contributed by atoms with van der Waals surface area (Å²) in [5.41, 5.74) is 1.37. The molecule has 0 radical (unpaired) electrons. The fourth-order valence-electron chi connectivity index (χ4n) is 2.44. The molecule has 0 unspecified atom stereocenters. The number of hydrogen-bond acceptors (Lipinski definition) is 4. The van der Waals surface area contributed by atoms with Gasteiger partial charge >= 0.3 is 0 Å². The quantitative estimate of drug-likeness (QED) is 0.826. The molecule has 23 heavy (non-hydrogen) atoms. The first kappa shape index (κ1) is 15.0. The molecule has 118 valence electrons. The van der Waals surface area contributed by atoms with Gasteiger partial charge in [-0.1, -0.05) is 0 Å². The first-order valence-corrected chi connectivity index (χ1v) is 7.36. The molecular weight excluding hydrogens is 296 g/mol. The van der Waals surface area contributed by atoms with Gasteiger partial charge in [-0.25, -0.2) is 4.68 Å². The molecule has 2 heterocycles. The van der Waals surface area contributed by atoms with Gasteiger partial charge in [0.2, 0.25) is 11.8 Å². The Balaban J connectivity index is 1.54. The molecule has 2 aromatic rings. The molecule has 1 saturated heterocycles. The Bertz CT molecular complexity index is 706. The van der Waals surface area contributed by atoms with Crippen LogP contribution in [0.15, 0.2) is 42.7 Å². The van der Waals surface area contributed by atoms with E-state index in [0.29, 0.717) is 5.56 Å². The monoisotopic (exact) mass is 312 g/mol. The van der Waals surface area contributed by atoms with Crippen LogP contribution in [-0.2, 0) is 9.59 Å². The smallest absolute Gasteiger partial charge is 0.251 e. The Morgan fingerprint density at radius 3 is 2.43 bits per heavy atom. The molecule has 0 spiro atoms. The zero-order valence-corrected chi connectivity index (χ0v) is 12.4. The zero-order chi connectivity index (χ0) is 16.2. The summed E-state index contributed by atoms with van der Waals surface area (Å²) in [5, 5.41) is 6.83. The lowest BCUT2D eigenvalue weighted by molar-refractivity contribution is -0.138. The second-order valence-electron chi connectivity index (χ2n) is 5.19. The molecule has 7 nitrogen and oxygen atoms in total. The van der Waals surface area contributed by atoms with Crippen LogP contribution in [0.2, 0.25) is 0 Å². The fraction of sp³-hybridized carbons (Fsp3) is 0.250. The first-order valence-electron chi connectivity index (χ1n) is 7.36. The van der Waals surface area contributed by atoms with Crippen LogP contribution in [-0.4, -0.2) is 45.5 Å². The summed E-state index contributed by atoms with van der Waals surface area (Å²) < 4.78 is 1.70. The van der Waals surface area contributed by atoms with Crippen LogP contribution in [0.1, 0.15) is 23.2 Å². The molecule has 0 bridgehead atoms. The van der Waals surface area contributed by atoms with Gasteiger partial charge < -0.3 is 5.32 Å². The number of aromatic nitrogens is 2. The highest BCUT2D eigenvalue weighted by Crippen LogP contribution is 2.11. The second-order valence-corrected chi connectivity index (χ2v) is 5.19. The largest absolute Gasteiger partial charge is 0.350 e. The number of carbonyl (C=O) groups excluding carboxylic acids is 3. The minimum absolute atomic E-state index is 0.173. The van der Waals surface area contributed by atoms with E-state index < -0.39 is 0 Å². The molecule has 7 heteroatoms. The summed E-state index contributed by atoms with van der Waals surface area (Å²) >= 11 is 0. The molecule has 1 aromatic heterocycles. The fourth-order valence-corrected chi connectivity index (χ4v) is 2.44. The number of imide groups is 1. The topological polar surface area (TPSA) is 84.3 Å². The van der Waals surface area contributed by atoms with Crippen molar-refractivity contribution >= 4 is 17.7 Å². The molecule has 1 aromatic carbocycles. The van der Waals surface area contributed by atoms with E-state index in [4.69, 9.17) is 0 Å². The lowest BCUT2D eigenvalue weighted by Gasteiger charge is -2.14. The van der Waals surface area contributed by atoms with Gasteiger partial charge in [0.15, 0.2) is 0 Å². The summed E-state index contributed by atoms with van der Waals surface area (Å²) in [4.78, 5) is 36.2. The maximum Gasteiger partial charge on any atom is 0.251 e. The third-order valence-corrected chi connectivity index (χ3v) is 3.67. The lowest BCUT2D eigenvalue weighted by Crippen LogP contribution is -2.37. The van der Waals surface area contributed by atoms with Crippen LogP contribution in [0, 0.1) is 0 Å². The van der Waals surface area contributed by atoms with Crippen molar-refractivity contribution in [2.45, 2.75) is 12.8 Å². The third-order valence-electron chi connectivity index (χ3n) is 3.67. The zero-order valence-electron chi connectivity index (χ0n) is 12.4. The number of nitrogens with one attached hydrogen (secondary N) is 1. The molecule has 1 aliphatic rings. The van der Waals surface area contributed by atoms with E-state index in [0.717, 1.165) is 5.69 Å². The standard InChI is InChI=1S/C16H16N4O3/c21-14-6-7-15(22)19(14)11-9-17-16(23)12-2-4-13(5-3-12)20-10-1-8-18-20/h1-5,8,10H,6-7,9,11H2,(H,17,23). The van der Waals surface area contributed by atoms with Crippen LogP contribution in [0.5, 0.6) is 0 Å². The first-order chi connectivity index (χ1) is 11.1. The molecule has 1 fully saturated rings. The van der Waals surface area contributed by atoms with Gasteiger partial charge in [0.05, 0.1) is 5.69 Å². The van der Waals surface area contributed by atoms with E-state index in [-0.39, 0.29) is 43.7 Å². The normalized spacial score (nSPS) is 14.3. The molecule has 1 N–H and O–H groups in total. The summed E-state index contributed by atoms with van der Waals surface area (Å²) in [6.07, 6.45) is 4.03. The maximum absolute atomic E-state index is 12.1. The number of amides is 3. The van der Waals surface area contributed by atoms with Crippen molar-refractivity contribution in [2.24, 2.45) is 0 Å². The van der Waals surface area contributed by atoms with Crippen LogP contribution in [0.4, 0.5) is 0 Å². The van der Waals surface area contributed by atoms with Gasteiger partial charge in [-0.3, -0.25) is 19.3 Å². The number of benzene rings is 1.